The van der Waals surface area contributed by atoms with E-state index in [0.717, 1.165) is 25.7 Å². The minimum Gasteiger partial charge on any atom is -0.271 e. The molecular weight excluding hydrogens is 278 g/mol. The van der Waals surface area contributed by atoms with Crippen LogP contribution in [0.15, 0.2) is 48.7 Å². The maximum atomic E-state index is 5.98. The maximum Gasteiger partial charge on any atom is 0.0931 e. The molecule has 0 spiro atoms. The second kappa shape index (κ2) is 5.27. The lowest BCUT2D eigenvalue weighted by Crippen LogP contribution is -2.28. The molecule has 5 heteroatoms. The number of hydrazine groups is 1. The molecule has 19 heavy (non-hydrogen) atoms. The van der Waals surface area contributed by atoms with Gasteiger partial charge in [0.25, 0.3) is 0 Å². The van der Waals surface area contributed by atoms with Gasteiger partial charge in [-0.2, -0.15) is 0 Å². The lowest BCUT2D eigenvalue weighted by molar-refractivity contribution is 0.647. The Labute approximate surface area is 120 Å². The second-order valence-corrected chi connectivity index (χ2v) is 5.94. The molecule has 1 aromatic carbocycles. The Balaban J connectivity index is 2.06. The van der Waals surface area contributed by atoms with Gasteiger partial charge in [0.15, 0.2) is 0 Å². The molecule has 0 aliphatic heterocycles. The van der Waals surface area contributed by atoms with Crippen molar-refractivity contribution in [3.05, 3.63) is 63.4 Å². The monoisotopic (exact) mass is 289 g/mol. The van der Waals surface area contributed by atoms with Crippen LogP contribution in [0.3, 0.4) is 0 Å². The number of nitrogens with zero attached hydrogens (tertiary/aromatic N) is 1. The zero-order valence-electron chi connectivity index (χ0n) is 10.0. The molecule has 0 amide bonds. The Morgan fingerprint density at radius 2 is 2.11 bits per heavy atom. The van der Waals surface area contributed by atoms with Crippen molar-refractivity contribution in [3.63, 3.8) is 0 Å². The highest BCUT2D eigenvalue weighted by atomic mass is 35.5. The summed E-state index contributed by atoms with van der Waals surface area (Å²) in [7, 11) is 0. The first-order valence-corrected chi connectivity index (χ1v) is 7.03. The molecule has 3 rings (SSSR count). The zero-order chi connectivity index (χ0) is 13.2. The third-order valence-electron chi connectivity index (χ3n) is 3.01. The number of pyridine rings is 1. The summed E-state index contributed by atoms with van der Waals surface area (Å²) in [6, 6.07) is 13.9. The molecule has 1 unspecified atom stereocenters. The minimum atomic E-state index is -0.0536. The quantitative estimate of drug-likeness (QED) is 0.573. The van der Waals surface area contributed by atoms with E-state index in [9.17, 15) is 0 Å². The topological polar surface area (TPSA) is 50.9 Å². The van der Waals surface area contributed by atoms with E-state index in [-0.39, 0.29) is 6.04 Å². The van der Waals surface area contributed by atoms with Gasteiger partial charge in [0.1, 0.15) is 0 Å². The summed E-state index contributed by atoms with van der Waals surface area (Å²) < 4.78 is 0.762. The van der Waals surface area contributed by atoms with Crippen LogP contribution in [0.5, 0.6) is 0 Å². The average Bonchev–Trinajstić information content (AvgIpc) is 2.86. The normalized spacial score (nSPS) is 12.7. The summed E-state index contributed by atoms with van der Waals surface area (Å²) in [5, 5.41) is 1.10. The molecule has 3 aromatic rings. The van der Waals surface area contributed by atoms with Crippen molar-refractivity contribution in [2.45, 2.75) is 6.04 Å². The van der Waals surface area contributed by atoms with Gasteiger partial charge in [-0.3, -0.25) is 10.8 Å². The molecule has 3 nitrogen and oxygen atoms in total. The Morgan fingerprint density at radius 3 is 2.84 bits per heavy atom. The number of benzene rings is 1. The number of aromatic nitrogens is 1. The summed E-state index contributed by atoms with van der Waals surface area (Å²) in [4.78, 5) is 5.41. The average molecular weight is 290 g/mol. The predicted molar refractivity (Wildman–Crippen MR) is 80.2 cm³/mol. The van der Waals surface area contributed by atoms with Crippen molar-refractivity contribution >= 4 is 33.8 Å². The summed E-state index contributed by atoms with van der Waals surface area (Å²) in [6.45, 7) is 0. The van der Waals surface area contributed by atoms with E-state index in [1.54, 1.807) is 6.20 Å². The lowest BCUT2D eigenvalue weighted by Gasteiger charge is -2.15. The Kier molecular flexibility index (Phi) is 3.48. The van der Waals surface area contributed by atoms with Crippen LogP contribution in [0, 0.1) is 0 Å². The van der Waals surface area contributed by atoms with E-state index in [1.165, 1.54) is 11.3 Å². The van der Waals surface area contributed by atoms with E-state index in [2.05, 4.69) is 16.5 Å². The molecule has 0 radical (unpaired) electrons. The Hall–Kier alpha value is -1.46. The van der Waals surface area contributed by atoms with E-state index < -0.39 is 0 Å². The van der Waals surface area contributed by atoms with Crippen molar-refractivity contribution in [1.82, 2.24) is 10.4 Å². The molecular formula is C14H12ClN3S. The van der Waals surface area contributed by atoms with Crippen molar-refractivity contribution in [2.75, 3.05) is 0 Å². The molecule has 96 valence electrons. The summed E-state index contributed by atoms with van der Waals surface area (Å²) in [6.07, 6.45) is 1.79. The number of thiophene rings is 1. The first kappa shape index (κ1) is 12.6. The van der Waals surface area contributed by atoms with Crippen molar-refractivity contribution < 1.29 is 0 Å². The zero-order valence-corrected chi connectivity index (χ0v) is 11.6. The number of fused-ring (bicyclic) bond motifs is 1. The minimum absolute atomic E-state index is 0.0536. The number of halogens is 1. The molecule has 0 aliphatic rings. The smallest absolute Gasteiger partial charge is 0.0931 e. The number of nitrogens with two attached hydrogens (primary N) is 1. The van der Waals surface area contributed by atoms with Gasteiger partial charge >= 0.3 is 0 Å². The second-order valence-electron chi connectivity index (χ2n) is 4.20. The summed E-state index contributed by atoms with van der Waals surface area (Å²) in [5.41, 5.74) is 4.92. The third kappa shape index (κ3) is 2.48. The number of hydrogen-bond acceptors (Lipinski definition) is 4. The van der Waals surface area contributed by atoms with Crippen LogP contribution in [0.25, 0.3) is 10.9 Å². The SMILES string of the molecule is NNC(c1ccc2ncccc2c1)c1ccc(Cl)s1. The lowest BCUT2D eigenvalue weighted by atomic mass is 10.0. The van der Waals surface area contributed by atoms with E-state index in [1.807, 2.05) is 36.4 Å². The Morgan fingerprint density at radius 1 is 1.21 bits per heavy atom. The highest BCUT2D eigenvalue weighted by Crippen LogP contribution is 2.31. The molecule has 0 fully saturated rings. The fraction of sp³-hybridized carbons (Fsp3) is 0.0714. The number of hydrogen-bond donors (Lipinski definition) is 2. The Bertz CT molecular complexity index is 710. The highest BCUT2D eigenvalue weighted by molar-refractivity contribution is 7.16. The van der Waals surface area contributed by atoms with E-state index >= 15 is 0 Å². The van der Waals surface area contributed by atoms with Crippen LogP contribution in [0.1, 0.15) is 16.5 Å². The largest absolute Gasteiger partial charge is 0.271 e. The van der Waals surface area contributed by atoms with Crippen molar-refractivity contribution in [2.24, 2.45) is 5.84 Å². The van der Waals surface area contributed by atoms with Crippen molar-refractivity contribution in [1.29, 1.82) is 0 Å². The van der Waals surface area contributed by atoms with Crippen LogP contribution in [0.2, 0.25) is 4.34 Å². The summed E-state index contributed by atoms with van der Waals surface area (Å²) >= 11 is 7.51. The third-order valence-corrected chi connectivity index (χ3v) is 4.30. The van der Waals surface area contributed by atoms with Crippen LogP contribution in [-0.2, 0) is 0 Å². The van der Waals surface area contributed by atoms with Gasteiger partial charge in [-0.05, 0) is 35.9 Å². The maximum absolute atomic E-state index is 5.98. The predicted octanol–water partition coefficient (Wildman–Crippen LogP) is 3.50. The van der Waals surface area contributed by atoms with Gasteiger partial charge in [-0.15, -0.1) is 11.3 Å². The standard InChI is InChI=1S/C14H12ClN3S/c15-13-6-5-12(19-13)14(18-16)10-3-4-11-9(8-10)2-1-7-17-11/h1-8,14,18H,16H2. The van der Waals surface area contributed by atoms with Crippen LogP contribution < -0.4 is 11.3 Å². The molecule has 1 atom stereocenters. The van der Waals surface area contributed by atoms with Gasteiger partial charge < -0.3 is 0 Å². The first-order valence-electron chi connectivity index (χ1n) is 5.84. The van der Waals surface area contributed by atoms with Gasteiger partial charge in [0.05, 0.1) is 15.9 Å². The first-order chi connectivity index (χ1) is 9.28. The van der Waals surface area contributed by atoms with Gasteiger partial charge in [-0.1, -0.05) is 23.7 Å². The molecule has 3 N–H and O–H groups in total. The number of rotatable bonds is 3. The molecule has 0 saturated carbocycles. The molecule has 0 aliphatic carbocycles. The van der Waals surface area contributed by atoms with Crippen molar-refractivity contribution in [3.8, 4) is 0 Å². The van der Waals surface area contributed by atoms with Gasteiger partial charge in [0.2, 0.25) is 0 Å². The highest BCUT2D eigenvalue weighted by Gasteiger charge is 2.15. The molecule has 2 heterocycles. The van der Waals surface area contributed by atoms with Crippen LogP contribution in [-0.4, -0.2) is 4.98 Å². The molecule has 2 aromatic heterocycles. The van der Waals surface area contributed by atoms with Gasteiger partial charge in [-0.25, -0.2) is 5.43 Å². The van der Waals surface area contributed by atoms with Crippen LogP contribution in [0.4, 0.5) is 0 Å². The molecule has 0 saturated heterocycles. The number of nitrogens with one attached hydrogen (secondary N) is 1. The van der Waals surface area contributed by atoms with E-state index in [0.29, 0.717) is 0 Å². The molecule has 0 bridgehead atoms. The van der Waals surface area contributed by atoms with E-state index in [4.69, 9.17) is 17.4 Å². The fourth-order valence-corrected chi connectivity index (χ4v) is 3.25. The van der Waals surface area contributed by atoms with Crippen LogP contribution >= 0.6 is 22.9 Å². The fourth-order valence-electron chi connectivity index (χ4n) is 2.10. The van der Waals surface area contributed by atoms with Gasteiger partial charge in [0, 0.05) is 16.5 Å². The summed E-state index contributed by atoms with van der Waals surface area (Å²) in [5.74, 6) is 5.69.